The average Bonchev–Trinajstić information content (AvgIpc) is 2.73. The van der Waals surface area contributed by atoms with E-state index in [1.165, 1.54) is 0 Å². The number of nitrogens with one attached hydrogen (secondary N) is 1. The minimum Gasteiger partial charge on any atom is -0.496 e. The van der Waals surface area contributed by atoms with Crippen LogP contribution in [0.5, 0.6) is 5.75 Å². The first-order valence-corrected chi connectivity index (χ1v) is 5.64. The van der Waals surface area contributed by atoms with Crippen molar-refractivity contribution in [1.29, 1.82) is 0 Å². The number of rotatable bonds is 4. The second kappa shape index (κ2) is 4.91. The van der Waals surface area contributed by atoms with Crippen LogP contribution < -0.4 is 10.1 Å². The molecule has 2 aromatic rings. The molecule has 0 saturated carbocycles. The first kappa shape index (κ1) is 11.5. The molecule has 1 amide bonds. The Balaban J connectivity index is 2.33. The number of carbonyl (C=O) groups excluding carboxylic acids is 1. The fourth-order valence-electron chi connectivity index (χ4n) is 1.92. The van der Waals surface area contributed by atoms with Gasteiger partial charge in [0.05, 0.1) is 12.6 Å². The quantitative estimate of drug-likeness (QED) is 0.873. The lowest BCUT2D eigenvalue weighted by Crippen LogP contribution is -2.26. The van der Waals surface area contributed by atoms with Crippen molar-refractivity contribution in [3.63, 3.8) is 0 Å². The van der Waals surface area contributed by atoms with Gasteiger partial charge in [0.1, 0.15) is 12.3 Å². The lowest BCUT2D eigenvalue weighted by atomic mass is 10.2. The first-order valence-electron chi connectivity index (χ1n) is 5.64. The van der Waals surface area contributed by atoms with Crippen molar-refractivity contribution in [2.75, 3.05) is 13.7 Å². The Morgan fingerprint density at radius 3 is 2.94 bits per heavy atom. The smallest absolute Gasteiger partial charge is 0.239 e. The van der Waals surface area contributed by atoms with Gasteiger partial charge in [-0.05, 0) is 25.1 Å². The SMILES string of the molecule is CCNC(=O)Cn1ccc2c(OC)cccc21. The van der Waals surface area contributed by atoms with Crippen LogP contribution in [0.2, 0.25) is 0 Å². The molecule has 4 nitrogen and oxygen atoms in total. The molecule has 0 aliphatic rings. The number of benzene rings is 1. The molecule has 0 radical (unpaired) electrons. The van der Waals surface area contributed by atoms with E-state index in [0.29, 0.717) is 13.1 Å². The molecule has 2 rings (SSSR count). The zero-order valence-corrected chi connectivity index (χ0v) is 10.1. The third-order valence-electron chi connectivity index (χ3n) is 2.68. The van der Waals surface area contributed by atoms with Gasteiger partial charge in [-0.1, -0.05) is 6.07 Å². The standard InChI is InChI=1S/C13H16N2O2/c1-3-14-13(16)9-15-8-7-10-11(15)5-4-6-12(10)17-2/h4-8H,3,9H2,1-2H3,(H,14,16). The summed E-state index contributed by atoms with van der Waals surface area (Å²) in [6, 6.07) is 7.79. The Bertz CT molecular complexity index is 531. The monoisotopic (exact) mass is 232 g/mol. The Kier molecular flexibility index (Phi) is 3.32. The highest BCUT2D eigenvalue weighted by molar-refractivity contribution is 5.88. The maximum Gasteiger partial charge on any atom is 0.239 e. The summed E-state index contributed by atoms with van der Waals surface area (Å²) in [5.74, 6) is 0.852. The Labute approximate surface area is 100 Å². The Morgan fingerprint density at radius 2 is 2.24 bits per heavy atom. The van der Waals surface area contributed by atoms with Gasteiger partial charge < -0.3 is 14.6 Å². The van der Waals surface area contributed by atoms with Gasteiger partial charge in [0.15, 0.2) is 0 Å². The van der Waals surface area contributed by atoms with E-state index in [0.717, 1.165) is 16.7 Å². The summed E-state index contributed by atoms with van der Waals surface area (Å²) in [6.07, 6.45) is 1.91. The molecule has 1 N–H and O–H groups in total. The van der Waals surface area contributed by atoms with E-state index in [1.807, 2.05) is 42.0 Å². The van der Waals surface area contributed by atoms with E-state index >= 15 is 0 Å². The number of methoxy groups -OCH3 is 1. The fourth-order valence-corrected chi connectivity index (χ4v) is 1.92. The number of hydrogen-bond acceptors (Lipinski definition) is 2. The van der Waals surface area contributed by atoms with Gasteiger partial charge in [-0.3, -0.25) is 4.79 Å². The van der Waals surface area contributed by atoms with Crippen molar-refractivity contribution < 1.29 is 9.53 Å². The number of fused-ring (bicyclic) bond motifs is 1. The number of ether oxygens (including phenoxy) is 1. The molecule has 0 atom stereocenters. The zero-order chi connectivity index (χ0) is 12.3. The molecule has 0 bridgehead atoms. The van der Waals surface area contributed by atoms with Gasteiger partial charge in [-0.2, -0.15) is 0 Å². The molecule has 1 aromatic carbocycles. The van der Waals surface area contributed by atoms with Crippen LogP contribution in [0.1, 0.15) is 6.92 Å². The van der Waals surface area contributed by atoms with Crippen molar-refractivity contribution >= 4 is 16.8 Å². The summed E-state index contributed by atoms with van der Waals surface area (Å²) >= 11 is 0. The minimum atomic E-state index is 0.0211. The number of hydrogen-bond donors (Lipinski definition) is 1. The predicted molar refractivity (Wildman–Crippen MR) is 67.2 cm³/mol. The molecule has 1 heterocycles. The summed E-state index contributed by atoms with van der Waals surface area (Å²) < 4.78 is 7.20. The number of amides is 1. The van der Waals surface area contributed by atoms with Gasteiger partial charge in [0.2, 0.25) is 5.91 Å². The van der Waals surface area contributed by atoms with Gasteiger partial charge in [0, 0.05) is 18.1 Å². The topological polar surface area (TPSA) is 43.3 Å². The second-order valence-corrected chi connectivity index (χ2v) is 3.79. The van der Waals surface area contributed by atoms with Crippen LogP contribution in [0.3, 0.4) is 0 Å². The second-order valence-electron chi connectivity index (χ2n) is 3.79. The molecule has 0 unspecified atom stereocenters. The number of nitrogens with zero attached hydrogens (tertiary/aromatic N) is 1. The largest absolute Gasteiger partial charge is 0.496 e. The lowest BCUT2D eigenvalue weighted by molar-refractivity contribution is -0.121. The van der Waals surface area contributed by atoms with E-state index in [4.69, 9.17) is 4.74 Å². The molecule has 90 valence electrons. The molecule has 0 fully saturated rings. The van der Waals surface area contributed by atoms with E-state index in [1.54, 1.807) is 7.11 Å². The summed E-state index contributed by atoms with van der Waals surface area (Å²) in [4.78, 5) is 11.5. The predicted octanol–water partition coefficient (Wildman–Crippen LogP) is 1.79. The van der Waals surface area contributed by atoms with Crippen molar-refractivity contribution in [2.45, 2.75) is 13.5 Å². The van der Waals surface area contributed by atoms with Gasteiger partial charge >= 0.3 is 0 Å². The lowest BCUT2D eigenvalue weighted by Gasteiger charge is -2.06. The van der Waals surface area contributed by atoms with Crippen LogP contribution in [-0.2, 0) is 11.3 Å². The molecular formula is C13H16N2O2. The average molecular weight is 232 g/mol. The third-order valence-corrected chi connectivity index (χ3v) is 2.68. The van der Waals surface area contributed by atoms with E-state index in [2.05, 4.69) is 5.32 Å². The Morgan fingerprint density at radius 1 is 1.41 bits per heavy atom. The third kappa shape index (κ3) is 2.25. The van der Waals surface area contributed by atoms with Crippen LogP contribution in [0.4, 0.5) is 0 Å². The molecular weight excluding hydrogens is 216 g/mol. The van der Waals surface area contributed by atoms with Crippen molar-refractivity contribution in [1.82, 2.24) is 9.88 Å². The van der Waals surface area contributed by atoms with Gasteiger partial charge in [-0.15, -0.1) is 0 Å². The summed E-state index contributed by atoms with van der Waals surface area (Å²) in [7, 11) is 1.65. The van der Waals surface area contributed by atoms with Crippen molar-refractivity contribution in [2.24, 2.45) is 0 Å². The maximum atomic E-state index is 11.5. The van der Waals surface area contributed by atoms with Crippen LogP contribution >= 0.6 is 0 Å². The number of likely N-dealkylation sites (N-methyl/N-ethyl adjacent to an activating group) is 1. The normalized spacial score (nSPS) is 10.5. The molecule has 4 heteroatoms. The van der Waals surface area contributed by atoms with Gasteiger partial charge in [0.25, 0.3) is 0 Å². The maximum absolute atomic E-state index is 11.5. The fraction of sp³-hybridized carbons (Fsp3) is 0.308. The number of carbonyl (C=O) groups is 1. The van der Waals surface area contributed by atoms with Crippen molar-refractivity contribution in [3.8, 4) is 5.75 Å². The van der Waals surface area contributed by atoms with E-state index in [-0.39, 0.29) is 5.91 Å². The number of aromatic nitrogens is 1. The first-order chi connectivity index (χ1) is 8.26. The molecule has 1 aromatic heterocycles. The highest BCUT2D eigenvalue weighted by atomic mass is 16.5. The highest BCUT2D eigenvalue weighted by Gasteiger charge is 2.08. The Hall–Kier alpha value is -1.97. The molecule has 0 aliphatic carbocycles. The van der Waals surface area contributed by atoms with Crippen LogP contribution in [-0.4, -0.2) is 24.1 Å². The minimum absolute atomic E-state index is 0.0211. The highest BCUT2D eigenvalue weighted by Crippen LogP contribution is 2.25. The van der Waals surface area contributed by atoms with E-state index in [9.17, 15) is 4.79 Å². The molecule has 0 aliphatic heterocycles. The molecule has 0 spiro atoms. The van der Waals surface area contributed by atoms with Crippen LogP contribution in [0.25, 0.3) is 10.9 Å². The van der Waals surface area contributed by atoms with Crippen molar-refractivity contribution in [3.05, 3.63) is 30.5 Å². The summed E-state index contributed by atoms with van der Waals surface area (Å²) in [5.41, 5.74) is 1.01. The van der Waals surface area contributed by atoms with Gasteiger partial charge in [-0.25, -0.2) is 0 Å². The molecule has 0 saturated heterocycles. The molecule has 17 heavy (non-hydrogen) atoms. The summed E-state index contributed by atoms with van der Waals surface area (Å²) in [5, 5.41) is 3.81. The summed E-state index contributed by atoms with van der Waals surface area (Å²) in [6.45, 7) is 2.90. The van der Waals surface area contributed by atoms with Crippen LogP contribution in [0.15, 0.2) is 30.5 Å². The van der Waals surface area contributed by atoms with Crippen LogP contribution in [0, 0.1) is 0 Å². The van der Waals surface area contributed by atoms with E-state index < -0.39 is 0 Å². The zero-order valence-electron chi connectivity index (χ0n) is 10.1.